The van der Waals surface area contributed by atoms with Crippen LogP contribution in [0.3, 0.4) is 0 Å². The molecule has 2 aromatic carbocycles. The molecule has 1 unspecified atom stereocenters. The van der Waals surface area contributed by atoms with Gasteiger partial charge in [0.15, 0.2) is 0 Å². The van der Waals surface area contributed by atoms with Crippen molar-refractivity contribution in [2.75, 3.05) is 13.2 Å². The number of fused-ring (bicyclic) bond motifs is 3. The number of hydrogen-bond acceptors (Lipinski definition) is 4. The zero-order valence-electron chi connectivity index (χ0n) is 17.3. The van der Waals surface area contributed by atoms with Crippen LogP contribution < -0.4 is 10.6 Å². The highest BCUT2D eigenvalue weighted by Crippen LogP contribution is 2.44. The van der Waals surface area contributed by atoms with Crippen molar-refractivity contribution in [3.63, 3.8) is 0 Å². The number of rotatable bonds is 7. The number of nitrogens with one attached hydrogen (secondary N) is 2. The average molecular weight is 462 g/mol. The molecular weight excluding hydrogens is 441 g/mol. The Balaban J connectivity index is 1.26. The summed E-state index contributed by atoms with van der Waals surface area (Å²) in [5.74, 6) is -4.46. The molecule has 174 valence electrons. The third-order valence-corrected chi connectivity index (χ3v) is 5.97. The molecule has 2 amide bonds. The summed E-state index contributed by atoms with van der Waals surface area (Å²) in [5.41, 5.74) is 4.30. The van der Waals surface area contributed by atoms with Crippen LogP contribution in [0.5, 0.6) is 0 Å². The fourth-order valence-electron chi connectivity index (χ4n) is 4.19. The zero-order valence-corrected chi connectivity index (χ0v) is 17.3. The van der Waals surface area contributed by atoms with E-state index in [2.05, 4.69) is 5.32 Å². The van der Waals surface area contributed by atoms with E-state index in [0.717, 1.165) is 22.3 Å². The second-order valence-electron chi connectivity index (χ2n) is 8.13. The smallest absolute Gasteiger partial charge is 0.419 e. The average Bonchev–Trinajstić information content (AvgIpc) is 3.48. The van der Waals surface area contributed by atoms with Crippen LogP contribution in [-0.2, 0) is 14.3 Å². The van der Waals surface area contributed by atoms with Crippen LogP contribution in [0.25, 0.3) is 11.1 Å². The first-order chi connectivity index (χ1) is 15.7. The maximum absolute atomic E-state index is 12.7. The summed E-state index contributed by atoms with van der Waals surface area (Å²) in [6.07, 6.45) is -5.54. The Morgan fingerprint density at radius 3 is 2.15 bits per heavy atom. The highest BCUT2D eigenvalue weighted by molar-refractivity contribution is 5.87. The minimum Gasteiger partial charge on any atom is -0.479 e. The first-order valence-corrected chi connectivity index (χ1v) is 10.4. The second kappa shape index (κ2) is 8.76. The summed E-state index contributed by atoms with van der Waals surface area (Å²) in [5, 5.41) is 12.7. The van der Waals surface area contributed by atoms with Gasteiger partial charge in [0.25, 0.3) is 0 Å². The van der Waals surface area contributed by atoms with E-state index in [0.29, 0.717) is 0 Å². The van der Waals surface area contributed by atoms with Gasteiger partial charge in [-0.05, 0) is 34.6 Å². The number of amides is 2. The van der Waals surface area contributed by atoms with Crippen LogP contribution in [-0.4, -0.2) is 48.4 Å². The Morgan fingerprint density at radius 2 is 1.61 bits per heavy atom. The summed E-state index contributed by atoms with van der Waals surface area (Å²) in [6, 6.07) is 12.8. The zero-order chi connectivity index (χ0) is 23.8. The maximum atomic E-state index is 12.7. The summed E-state index contributed by atoms with van der Waals surface area (Å²) < 4.78 is 43.5. The van der Waals surface area contributed by atoms with Crippen molar-refractivity contribution in [1.82, 2.24) is 10.6 Å². The first kappa shape index (κ1) is 22.6. The summed E-state index contributed by atoms with van der Waals surface area (Å²) in [7, 11) is 0. The van der Waals surface area contributed by atoms with E-state index in [-0.39, 0.29) is 31.4 Å². The number of carbonyl (C=O) groups excluding carboxylic acids is 2. The fourth-order valence-corrected chi connectivity index (χ4v) is 4.19. The van der Waals surface area contributed by atoms with Gasteiger partial charge in [-0.2, -0.15) is 13.2 Å². The van der Waals surface area contributed by atoms with Gasteiger partial charge < -0.3 is 20.5 Å². The summed E-state index contributed by atoms with van der Waals surface area (Å²) >= 11 is 0. The van der Waals surface area contributed by atoms with E-state index >= 15 is 0 Å². The Kier molecular flexibility index (Phi) is 6.01. The van der Waals surface area contributed by atoms with Crippen molar-refractivity contribution in [2.45, 2.75) is 24.6 Å². The van der Waals surface area contributed by atoms with E-state index in [4.69, 9.17) is 9.84 Å². The van der Waals surface area contributed by atoms with Crippen molar-refractivity contribution in [1.29, 1.82) is 0 Å². The number of carboxylic acids is 1. The number of carbonyl (C=O) groups is 3. The first-order valence-electron chi connectivity index (χ1n) is 10.4. The molecule has 0 saturated heterocycles. The van der Waals surface area contributed by atoms with E-state index in [1.54, 1.807) is 0 Å². The molecule has 2 aromatic rings. The van der Waals surface area contributed by atoms with Crippen molar-refractivity contribution in [2.24, 2.45) is 11.8 Å². The molecule has 1 saturated carbocycles. The number of hydrogen-bond donors (Lipinski definition) is 3. The SMILES string of the molecule is O=C(NC[C@@H]1C[C@@H]1C(=O)NC(C(=O)O)C(F)(F)F)OCC1c2ccccc2-c2ccccc21. The maximum Gasteiger partial charge on any atom is 0.419 e. The largest absolute Gasteiger partial charge is 0.479 e. The van der Waals surface area contributed by atoms with Gasteiger partial charge in [-0.3, -0.25) is 4.79 Å². The number of carboxylic acid groups (broad SMARTS) is 1. The van der Waals surface area contributed by atoms with Gasteiger partial charge in [0.2, 0.25) is 11.9 Å². The molecule has 0 bridgehead atoms. The van der Waals surface area contributed by atoms with Crippen molar-refractivity contribution in [3.8, 4) is 11.1 Å². The monoisotopic (exact) mass is 462 g/mol. The van der Waals surface area contributed by atoms with Crippen molar-refractivity contribution < 1.29 is 37.4 Å². The topological polar surface area (TPSA) is 105 Å². The molecule has 0 spiro atoms. The molecule has 7 nitrogen and oxygen atoms in total. The number of benzene rings is 2. The van der Waals surface area contributed by atoms with Gasteiger partial charge in [-0.25, -0.2) is 9.59 Å². The quantitative estimate of drug-likeness (QED) is 0.586. The van der Waals surface area contributed by atoms with Gasteiger partial charge in [0, 0.05) is 18.4 Å². The van der Waals surface area contributed by atoms with E-state index in [1.807, 2.05) is 48.5 Å². The predicted molar refractivity (Wildman–Crippen MR) is 110 cm³/mol. The molecule has 2 aliphatic carbocycles. The molecule has 0 radical (unpaired) electrons. The molecule has 1 fully saturated rings. The minimum absolute atomic E-state index is 0.0402. The van der Waals surface area contributed by atoms with E-state index < -0.39 is 36.1 Å². The molecule has 10 heteroatoms. The van der Waals surface area contributed by atoms with Gasteiger partial charge in [0.1, 0.15) is 6.61 Å². The highest BCUT2D eigenvalue weighted by Gasteiger charge is 2.50. The van der Waals surface area contributed by atoms with Gasteiger partial charge in [0.05, 0.1) is 0 Å². The van der Waals surface area contributed by atoms with Gasteiger partial charge in [-0.1, -0.05) is 48.5 Å². The fraction of sp³-hybridized carbons (Fsp3) is 0.348. The molecule has 4 rings (SSSR count). The third-order valence-electron chi connectivity index (χ3n) is 5.97. The number of halogens is 3. The Morgan fingerprint density at radius 1 is 1.03 bits per heavy atom. The predicted octanol–water partition coefficient (Wildman–Crippen LogP) is 3.29. The number of alkyl carbamates (subject to hydrolysis) is 1. The van der Waals surface area contributed by atoms with Gasteiger partial charge >= 0.3 is 18.2 Å². The normalized spacial score (nSPS) is 19.7. The Labute approximate surface area is 186 Å². The van der Waals surface area contributed by atoms with Crippen molar-refractivity contribution in [3.05, 3.63) is 59.7 Å². The van der Waals surface area contributed by atoms with Crippen LogP contribution in [0, 0.1) is 11.8 Å². The molecule has 3 N–H and O–H groups in total. The van der Waals surface area contributed by atoms with Crippen LogP contribution in [0.4, 0.5) is 18.0 Å². The van der Waals surface area contributed by atoms with E-state index in [9.17, 15) is 27.6 Å². The standard InChI is InChI=1S/C23H21F3N2O5/c24-23(25,26)19(21(30)31)28-20(29)17-9-12(17)10-27-22(32)33-11-18-15-7-3-1-5-13(15)14-6-2-4-8-16(14)18/h1-8,12,17-19H,9-11H2,(H,27,32)(H,28,29)(H,30,31)/t12-,17-,19?/m0/s1. The van der Waals surface area contributed by atoms with Crippen LogP contribution >= 0.6 is 0 Å². The summed E-state index contributed by atoms with van der Waals surface area (Å²) in [6.45, 7) is 0.152. The molecular formula is C23H21F3N2O5. The van der Waals surface area contributed by atoms with E-state index in [1.165, 1.54) is 5.32 Å². The Hall–Kier alpha value is -3.56. The molecule has 0 heterocycles. The lowest BCUT2D eigenvalue weighted by Gasteiger charge is -2.17. The molecule has 0 aromatic heterocycles. The summed E-state index contributed by atoms with van der Waals surface area (Å²) in [4.78, 5) is 34.9. The highest BCUT2D eigenvalue weighted by atomic mass is 19.4. The van der Waals surface area contributed by atoms with Crippen LogP contribution in [0.15, 0.2) is 48.5 Å². The van der Waals surface area contributed by atoms with Crippen LogP contribution in [0.2, 0.25) is 0 Å². The number of ether oxygens (including phenoxy) is 1. The lowest BCUT2D eigenvalue weighted by molar-refractivity contribution is -0.182. The minimum atomic E-state index is -5.09. The third kappa shape index (κ3) is 4.79. The van der Waals surface area contributed by atoms with Gasteiger partial charge in [-0.15, -0.1) is 0 Å². The second-order valence-corrected chi connectivity index (χ2v) is 8.13. The molecule has 0 aliphatic heterocycles. The molecule has 33 heavy (non-hydrogen) atoms. The Bertz CT molecular complexity index is 1040. The number of aliphatic carboxylic acids is 1. The molecule has 3 atom stereocenters. The number of alkyl halides is 3. The lowest BCUT2D eigenvalue weighted by atomic mass is 9.98. The van der Waals surface area contributed by atoms with Crippen LogP contribution in [0.1, 0.15) is 23.5 Å². The molecule has 2 aliphatic rings. The lowest BCUT2D eigenvalue weighted by Crippen LogP contribution is -2.51. The van der Waals surface area contributed by atoms with Crippen molar-refractivity contribution >= 4 is 18.0 Å².